The summed E-state index contributed by atoms with van der Waals surface area (Å²) in [6, 6.07) is 6.29. The van der Waals surface area contributed by atoms with E-state index in [-0.39, 0.29) is 25.1 Å². The molecule has 1 N–H and O–H groups in total. The summed E-state index contributed by atoms with van der Waals surface area (Å²) in [6.07, 6.45) is 0.0137. The summed E-state index contributed by atoms with van der Waals surface area (Å²) >= 11 is 0. The number of carbonyl (C=O) groups is 4. The molecule has 9 heteroatoms. The van der Waals surface area contributed by atoms with Crippen LogP contribution < -0.4 is 5.32 Å². The Morgan fingerprint density at radius 1 is 1.03 bits per heavy atom. The van der Waals surface area contributed by atoms with Crippen molar-refractivity contribution >= 4 is 29.4 Å². The number of halogens is 2. The van der Waals surface area contributed by atoms with E-state index in [9.17, 15) is 28.0 Å². The van der Waals surface area contributed by atoms with E-state index in [1.54, 1.807) is 18.2 Å². The number of aryl methyl sites for hydroxylation is 1. The summed E-state index contributed by atoms with van der Waals surface area (Å²) in [5.74, 6) is -4.65. The summed E-state index contributed by atoms with van der Waals surface area (Å²) in [5.41, 5.74) is 0.601. The summed E-state index contributed by atoms with van der Waals surface area (Å²) in [7, 11) is 1.05. The molecule has 3 amide bonds. The third-order valence-corrected chi connectivity index (χ3v) is 4.65. The topological polar surface area (TPSA) is 92.8 Å². The zero-order valence-electron chi connectivity index (χ0n) is 16.3. The number of benzene rings is 2. The van der Waals surface area contributed by atoms with Crippen molar-refractivity contribution in [2.24, 2.45) is 0 Å². The van der Waals surface area contributed by atoms with Crippen LogP contribution in [0.25, 0.3) is 0 Å². The molecule has 1 aliphatic rings. The van der Waals surface area contributed by atoms with Crippen LogP contribution in [0.2, 0.25) is 0 Å². The van der Waals surface area contributed by atoms with Gasteiger partial charge in [0, 0.05) is 19.0 Å². The number of nitrogens with one attached hydrogen (secondary N) is 1. The van der Waals surface area contributed by atoms with Gasteiger partial charge in [-0.25, -0.2) is 13.6 Å². The maximum absolute atomic E-state index is 13.9. The number of amides is 3. The highest BCUT2D eigenvalue weighted by Crippen LogP contribution is 2.24. The smallest absolute Gasteiger partial charge is 0.340 e. The quantitative estimate of drug-likeness (QED) is 0.577. The second-order valence-electron chi connectivity index (χ2n) is 6.77. The average Bonchev–Trinajstić information content (AvgIpc) is 2.93. The zero-order valence-corrected chi connectivity index (χ0v) is 16.3. The van der Waals surface area contributed by atoms with Gasteiger partial charge in [0.2, 0.25) is 5.91 Å². The van der Waals surface area contributed by atoms with Crippen molar-refractivity contribution in [1.29, 1.82) is 0 Å². The second kappa shape index (κ2) is 8.40. The number of hydrogen-bond acceptors (Lipinski definition) is 5. The van der Waals surface area contributed by atoms with E-state index in [1.807, 2.05) is 6.92 Å². The SMILES string of the molecule is COC(=O)c1cc(NC(=O)CCCN2C(=O)c3ccc(C)cc3C2=O)c(F)cc1F. The molecule has 7 nitrogen and oxygen atoms in total. The molecule has 2 aromatic carbocycles. The summed E-state index contributed by atoms with van der Waals surface area (Å²) in [4.78, 5) is 49.5. The molecule has 0 unspecified atom stereocenters. The van der Waals surface area contributed by atoms with Crippen molar-refractivity contribution in [1.82, 2.24) is 4.90 Å². The molecule has 0 atom stereocenters. The Morgan fingerprint density at radius 3 is 2.43 bits per heavy atom. The summed E-state index contributed by atoms with van der Waals surface area (Å²) in [6.45, 7) is 1.82. The van der Waals surface area contributed by atoms with E-state index in [4.69, 9.17) is 0 Å². The first-order valence-electron chi connectivity index (χ1n) is 9.07. The van der Waals surface area contributed by atoms with Crippen molar-refractivity contribution in [3.63, 3.8) is 0 Å². The summed E-state index contributed by atoms with van der Waals surface area (Å²) < 4.78 is 32.0. The van der Waals surface area contributed by atoms with Gasteiger partial charge in [-0.2, -0.15) is 0 Å². The van der Waals surface area contributed by atoms with Gasteiger partial charge < -0.3 is 10.1 Å². The Hall–Kier alpha value is -3.62. The van der Waals surface area contributed by atoms with Gasteiger partial charge in [-0.15, -0.1) is 0 Å². The van der Waals surface area contributed by atoms with Gasteiger partial charge in [-0.3, -0.25) is 19.3 Å². The van der Waals surface area contributed by atoms with E-state index in [1.165, 1.54) is 0 Å². The van der Waals surface area contributed by atoms with Gasteiger partial charge in [-0.1, -0.05) is 11.6 Å². The molecule has 1 heterocycles. The Kier molecular flexibility index (Phi) is 5.91. The number of fused-ring (bicyclic) bond motifs is 1. The Balaban J connectivity index is 1.60. The summed E-state index contributed by atoms with van der Waals surface area (Å²) in [5, 5.41) is 2.25. The third-order valence-electron chi connectivity index (χ3n) is 4.65. The molecule has 0 fully saturated rings. The van der Waals surface area contributed by atoms with Gasteiger partial charge in [0.1, 0.15) is 11.6 Å². The monoisotopic (exact) mass is 416 g/mol. The van der Waals surface area contributed by atoms with Gasteiger partial charge >= 0.3 is 5.97 Å². The van der Waals surface area contributed by atoms with Crippen molar-refractivity contribution in [3.8, 4) is 0 Å². The molecule has 0 saturated heterocycles. The maximum Gasteiger partial charge on any atom is 0.340 e. The highest BCUT2D eigenvalue weighted by atomic mass is 19.1. The van der Waals surface area contributed by atoms with Crippen LogP contribution in [0.1, 0.15) is 49.5 Å². The molecule has 156 valence electrons. The van der Waals surface area contributed by atoms with Crippen LogP contribution in [0.5, 0.6) is 0 Å². The first-order chi connectivity index (χ1) is 14.2. The Labute approximate surface area is 170 Å². The van der Waals surface area contributed by atoms with Gasteiger partial charge in [0.05, 0.1) is 29.5 Å². The number of rotatable bonds is 6. The predicted octanol–water partition coefficient (Wildman–Crippen LogP) is 3.07. The normalized spacial score (nSPS) is 12.7. The van der Waals surface area contributed by atoms with E-state index >= 15 is 0 Å². The number of anilines is 1. The van der Waals surface area contributed by atoms with Crippen LogP contribution in [-0.2, 0) is 9.53 Å². The fourth-order valence-corrected chi connectivity index (χ4v) is 3.13. The highest BCUT2D eigenvalue weighted by molar-refractivity contribution is 6.21. The van der Waals surface area contributed by atoms with Crippen molar-refractivity contribution in [2.75, 3.05) is 19.0 Å². The lowest BCUT2D eigenvalue weighted by Gasteiger charge is -2.14. The zero-order chi connectivity index (χ0) is 22.0. The molecule has 0 aliphatic carbocycles. The molecule has 1 aliphatic heterocycles. The lowest BCUT2D eigenvalue weighted by atomic mass is 10.1. The number of hydrogen-bond donors (Lipinski definition) is 1. The maximum atomic E-state index is 13.9. The lowest BCUT2D eigenvalue weighted by Crippen LogP contribution is -2.31. The van der Waals surface area contributed by atoms with Crippen LogP contribution >= 0.6 is 0 Å². The fraction of sp³-hybridized carbons (Fsp3) is 0.238. The lowest BCUT2D eigenvalue weighted by molar-refractivity contribution is -0.116. The Bertz CT molecular complexity index is 1070. The molecule has 0 radical (unpaired) electrons. The molecule has 0 saturated carbocycles. The van der Waals surface area contributed by atoms with Crippen LogP contribution in [0.3, 0.4) is 0 Å². The number of ether oxygens (including phenoxy) is 1. The largest absolute Gasteiger partial charge is 0.465 e. The number of nitrogens with zero attached hydrogens (tertiary/aromatic N) is 1. The molecular weight excluding hydrogens is 398 g/mol. The second-order valence-corrected chi connectivity index (χ2v) is 6.77. The van der Waals surface area contributed by atoms with Crippen molar-refractivity contribution in [3.05, 3.63) is 64.2 Å². The van der Waals surface area contributed by atoms with Gasteiger partial charge in [-0.05, 0) is 31.5 Å². The molecule has 30 heavy (non-hydrogen) atoms. The highest BCUT2D eigenvalue weighted by Gasteiger charge is 2.35. The van der Waals surface area contributed by atoms with E-state index in [0.29, 0.717) is 17.2 Å². The van der Waals surface area contributed by atoms with Gasteiger partial charge in [0.25, 0.3) is 11.8 Å². The minimum atomic E-state index is -1.11. The Morgan fingerprint density at radius 2 is 1.73 bits per heavy atom. The first kappa shape index (κ1) is 21.1. The van der Waals surface area contributed by atoms with Crippen molar-refractivity contribution in [2.45, 2.75) is 19.8 Å². The molecule has 2 aromatic rings. The first-order valence-corrected chi connectivity index (χ1v) is 9.07. The van der Waals surface area contributed by atoms with Crippen LogP contribution in [0.15, 0.2) is 30.3 Å². The molecular formula is C21H18F2N2O5. The number of carbonyl (C=O) groups excluding carboxylic acids is 4. The van der Waals surface area contributed by atoms with Crippen molar-refractivity contribution < 1.29 is 32.7 Å². The minimum absolute atomic E-state index is 0.0120. The third kappa shape index (κ3) is 4.05. The number of esters is 1. The predicted molar refractivity (Wildman–Crippen MR) is 102 cm³/mol. The molecule has 0 bridgehead atoms. The average molecular weight is 416 g/mol. The minimum Gasteiger partial charge on any atom is -0.465 e. The fourth-order valence-electron chi connectivity index (χ4n) is 3.13. The van der Waals surface area contributed by atoms with Crippen LogP contribution in [0, 0.1) is 18.6 Å². The van der Waals surface area contributed by atoms with Gasteiger partial charge in [0.15, 0.2) is 0 Å². The molecule has 0 spiro atoms. The molecule has 3 rings (SSSR count). The van der Waals surface area contributed by atoms with Crippen LogP contribution in [-0.4, -0.2) is 42.2 Å². The van der Waals surface area contributed by atoms with E-state index in [0.717, 1.165) is 23.6 Å². The van der Waals surface area contributed by atoms with Crippen LogP contribution in [0.4, 0.5) is 14.5 Å². The molecule has 0 aromatic heterocycles. The number of imide groups is 1. The van der Waals surface area contributed by atoms with E-state index in [2.05, 4.69) is 10.1 Å². The van der Waals surface area contributed by atoms with E-state index < -0.39 is 40.9 Å². The number of methoxy groups -OCH3 is 1. The standard InChI is InChI=1S/C21H18F2N2O5/c1-11-5-6-12-13(8-11)20(28)25(19(12)27)7-3-4-18(26)24-17-9-14(21(29)30-2)15(22)10-16(17)23/h5-6,8-10H,3-4,7H2,1-2H3,(H,24,26).